The van der Waals surface area contributed by atoms with Crippen molar-refractivity contribution in [2.45, 2.75) is 32.2 Å². The van der Waals surface area contributed by atoms with E-state index in [1.807, 2.05) is 0 Å². The fraction of sp³-hybridized carbons (Fsp3) is 0.533. The minimum atomic E-state index is -0.511. The Morgan fingerprint density at radius 1 is 1.53 bits per heavy atom. The van der Waals surface area contributed by atoms with Gasteiger partial charge in [-0.2, -0.15) is 0 Å². The van der Waals surface area contributed by atoms with E-state index in [0.717, 1.165) is 13.0 Å². The molecule has 1 saturated heterocycles. The third kappa shape index (κ3) is 3.32. The molecule has 1 aliphatic heterocycles. The van der Waals surface area contributed by atoms with Gasteiger partial charge in [0.1, 0.15) is 11.6 Å². The van der Waals surface area contributed by atoms with Crippen LogP contribution in [0.3, 0.4) is 0 Å². The first-order valence-corrected chi connectivity index (χ1v) is 6.72. The topological polar surface area (TPSA) is 29.5 Å². The van der Waals surface area contributed by atoms with Gasteiger partial charge >= 0.3 is 0 Å². The van der Waals surface area contributed by atoms with Crippen molar-refractivity contribution in [2.75, 3.05) is 20.2 Å². The third-order valence-corrected chi connectivity index (χ3v) is 3.71. The molecule has 0 saturated carbocycles. The van der Waals surface area contributed by atoms with Crippen LogP contribution in [0.2, 0.25) is 0 Å². The molecule has 19 heavy (non-hydrogen) atoms. The van der Waals surface area contributed by atoms with Gasteiger partial charge in [-0.05, 0) is 51.9 Å². The van der Waals surface area contributed by atoms with Crippen molar-refractivity contribution in [3.8, 4) is 5.75 Å². The van der Waals surface area contributed by atoms with Crippen molar-refractivity contribution in [3.05, 3.63) is 29.6 Å². The van der Waals surface area contributed by atoms with E-state index in [1.54, 1.807) is 12.1 Å². The molecule has 0 bridgehead atoms. The molecule has 1 heterocycles. The molecule has 104 valence electrons. The average Bonchev–Trinajstić information content (AvgIpc) is 2.75. The van der Waals surface area contributed by atoms with Crippen LogP contribution in [0.15, 0.2) is 18.2 Å². The lowest BCUT2D eigenvalue weighted by Gasteiger charge is -2.19. The summed E-state index contributed by atoms with van der Waals surface area (Å²) in [6.07, 6.45) is 3.31. The van der Waals surface area contributed by atoms with Gasteiger partial charge in [0.2, 0.25) is 0 Å². The standard InChI is InChI=1S/C15H20FNO2/c1-11(18)15-13(16)6-3-7-14(15)19-10-8-12-5-4-9-17(12)2/h3,6-7,12H,4-5,8-10H2,1-2H3. The summed E-state index contributed by atoms with van der Waals surface area (Å²) in [5.41, 5.74) is 0.0577. The molecule has 3 nitrogen and oxygen atoms in total. The van der Waals surface area contributed by atoms with Gasteiger partial charge in [0.15, 0.2) is 5.78 Å². The molecule has 0 aromatic heterocycles. The SMILES string of the molecule is CC(=O)c1c(F)cccc1OCCC1CCCN1C. The molecule has 0 spiro atoms. The first kappa shape index (κ1) is 14.0. The molecule has 0 radical (unpaired) electrons. The first-order valence-electron chi connectivity index (χ1n) is 6.72. The molecule has 4 heteroatoms. The number of halogens is 1. The van der Waals surface area contributed by atoms with Crippen molar-refractivity contribution >= 4 is 5.78 Å². The molecule has 0 N–H and O–H groups in total. The van der Waals surface area contributed by atoms with E-state index in [9.17, 15) is 9.18 Å². The molecule has 0 aliphatic carbocycles. The van der Waals surface area contributed by atoms with Crippen LogP contribution in [0, 0.1) is 5.82 Å². The quantitative estimate of drug-likeness (QED) is 0.767. The van der Waals surface area contributed by atoms with Crippen LogP contribution in [0.4, 0.5) is 4.39 Å². The summed E-state index contributed by atoms with van der Waals surface area (Å²) in [5.74, 6) is -0.456. The number of benzene rings is 1. The minimum absolute atomic E-state index is 0.0577. The van der Waals surface area contributed by atoms with Gasteiger partial charge in [-0.1, -0.05) is 6.07 Å². The molecule has 1 fully saturated rings. The van der Waals surface area contributed by atoms with Crippen molar-refractivity contribution in [1.29, 1.82) is 0 Å². The van der Waals surface area contributed by atoms with Gasteiger partial charge in [-0.25, -0.2) is 4.39 Å². The van der Waals surface area contributed by atoms with Gasteiger partial charge in [0.05, 0.1) is 12.2 Å². The number of carbonyl (C=O) groups is 1. The zero-order valence-electron chi connectivity index (χ0n) is 11.5. The highest BCUT2D eigenvalue weighted by Gasteiger charge is 2.21. The van der Waals surface area contributed by atoms with Gasteiger partial charge < -0.3 is 9.64 Å². The second-order valence-electron chi connectivity index (χ2n) is 5.08. The highest BCUT2D eigenvalue weighted by molar-refractivity contribution is 5.97. The lowest BCUT2D eigenvalue weighted by Crippen LogP contribution is -2.26. The molecule has 1 unspecified atom stereocenters. The van der Waals surface area contributed by atoms with E-state index < -0.39 is 5.82 Å². The monoisotopic (exact) mass is 265 g/mol. The predicted octanol–water partition coefficient (Wildman–Crippen LogP) is 2.89. The number of ketones is 1. The van der Waals surface area contributed by atoms with Crippen LogP contribution < -0.4 is 4.74 Å². The van der Waals surface area contributed by atoms with E-state index in [0.29, 0.717) is 18.4 Å². The van der Waals surface area contributed by atoms with Crippen molar-refractivity contribution < 1.29 is 13.9 Å². The molecule has 2 rings (SSSR count). The highest BCUT2D eigenvalue weighted by atomic mass is 19.1. The van der Waals surface area contributed by atoms with Crippen LogP contribution in [0.25, 0.3) is 0 Å². The van der Waals surface area contributed by atoms with Crippen molar-refractivity contribution in [1.82, 2.24) is 4.90 Å². The van der Waals surface area contributed by atoms with Crippen LogP contribution in [-0.2, 0) is 0 Å². The summed E-state index contributed by atoms with van der Waals surface area (Å²) in [4.78, 5) is 13.8. The number of nitrogens with zero attached hydrogens (tertiary/aromatic N) is 1. The predicted molar refractivity (Wildman–Crippen MR) is 72.2 cm³/mol. The number of Topliss-reactive ketones (excluding diaryl/α,β-unsaturated/α-hetero) is 1. The third-order valence-electron chi connectivity index (χ3n) is 3.71. The van der Waals surface area contributed by atoms with Crippen molar-refractivity contribution in [3.63, 3.8) is 0 Å². The maximum Gasteiger partial charge on any atom is 0.166 e. The van der Waals surface area contributed by atoms with E-state index >= 15 is 0 Å². The Morgan fingerprint density at radius 2 is 2.32 bits per heavy atom. The second-order valence-corrected chi connectivity index (χ2v) is 5.08. The molecular weight excluding hydrogens is 245 g/mol. The Morgan fingerprint density at radius 3 is 2.95 bits per heavy atom. The van der Waals surface area contributed by atoms with Gasteiger partial charge in [-0.15, -0.1) is 0 Å². The highest BCUT2D eigenvalue weighted by Crippen LogP contribution is 2.23. The summed E-state index contributed by atoms with van der Waals surface area (Å²) < 4.78 is 19.2. The fourth-order valence-corrected chi connectivity index (χ4v) is 2.62. The maximum absolute atomic E-state index is 13.6. The number of ether oxygens (including phenoxy) is 1. The first-order chi connectivity index (χ1) is 9.09. The molecule has 1 aliphatic rings. The Bertz CT molecular complexity index is 461. The van der Waals surface area contributed by atoms with Crippen molar-refractivity contribution in [2.24, 2.45) is 0 Å². The summed E-state index contributed by atoms with van der Waals surface area (Å²) in [7, 11) is 2.11. The summed E-state index contributed by atoms with van der Waals surface area (Å²) >= 11 is 0. The Balaban J connectivity index is 1.96. The Hall–Kier alpha value is -1.42. The lowest BCUT2D eigenvalue weighted by atomic mass is 10.1. The van der Waals surface area contributed by atoms with Crippen LogP contribution >= 0.6 is 0 Å². The van der Waals surface area contributed by atoms with Crippen LogP contribution in [-0.4, -0.2) is 36.9 Å². The summed E-state index contributed by atoms with van der Waals surface area (Å²) in [6, 6.07) is 5.04. The molecule has 1 aromatic rings. The summed E-state index contributed by atoms with van der Waals surface area (Å²) in [6.45, 7) is 3.00. The number of likely N-dealkylation sites (tertiary alicyclic amines) is 1. The number of hydrogen-bond acceptors (Lipinski definition) is 3. The largest absolute Gasteiger partial charge is 0.493 e. The zero-order valence-corrected chi connectivity index (χ0v) is 11.5. The smallest absolute Gasteiger partial charge is 0.166 e. The fourth-order valence-electron chi connectivity index (χ4n) is 2.62. The Kier molecular flexibility index (Phi) is 4.53. The summed E-state index contributed by atoms with van der Waals surface area (Å²) in [5, 5.41) is 0. The number of carbonyl (C=O) groups excluding carboxylic acids is 1. The van der Waals surface area contributed by atoms with E-state index in [-0.39, 0.29) is 11.3 Å². The van der Waals surface area contributed by atoms with Gasteiger partial charge in [0.25, 0.3) is 0 Å². The van der Waals surface area contributed by atoms with E-state index in [1.165, 1.54) is 25.8 Å². The minimum Gasteiger partial charge on any atom is -0.493 e. The maximum atomic E-state index is 13.6. The second kappa shape index (κ2) is 6.15. The van der Waals surface area contributed by atoms with E-state index in [2.05, 4.69) is 11.9 Å². The van der Waals surface area contributed by atoms with E-state index in [4.69, 9.17) is 4.74 Å². The van der Waals surface area contributed by atoms with Crippen LogP contribution in [0.1, 0.15) is 36.5 Å². The number of hydrogen-bond donors (Lipinski definition) is 0. The number of rotatable bonds is 5. The van der Waals surface area contributed by atoms with Gasteiger partial charge in [0, 0.05) is 6.04 Å². The molecule has 0 amide bonds. The lowest BCUT2D eigenvalue weighted by molar-refractivity contribution is 0.100. The molecular formula is C15H20FNO2. The van der Waals surface area contributed by atoms with Gasteiger partial charge in [-0.3, -0.25) is 4.79 Å². The average molecular weight is 265 g/mol. The zero-order chi connectivity index (χ0) is 13.8. The normalized spacial score (nSPS) is 19.6. The Labute approximate surface area is 113 Å². The molecule has 1 aromatic carbocycles. The molecule has 1 atom stereocenters. The van der Waals surface area contributed by atoms with Crippen LogP contribution in [0.5, 0.6) is 5.75 Å².